The van der Waals surface area contributed by atoms with E-state index < -0.39 is 0 Å². The summed E-state index contributed by atoms with van der Waals surface area (Å²) in [7, 11) is 0. The van der Waals surface area contributed by atoms with Crippen LogP contribution in [0.15, 0.2) is 23.8 Å². The largest absolute Gasteiger partial charge is 0.0805 e. The molecule has 1 aliphatic carbocycles. The summed E-state index contributed by atoms with van der Waals surface area (Å²) in [4.78, 5) is 0. The molecule has 0 radical (unpaired) electrons. The van der Waals surface area contributed by atoms with Crippen molar-refractivity contribution in [3.05, 3.63) is 23.8 Å². The molecule has 0 aromatic rings. The second-order valence-corrected chi connectivity index (χ2v) is 3.38. The Balaban J connectivity index is 0.000000180. The van der Waals surface area contributed by atoms with Gasteiger partial charge in [0.05, 0.1) is 0 Å². The second-order valence-electron chi connectivity index (χ2n) is 3.38. The van der Waals surface area contributed by atoms with Crippen LogP contribution in [-0.4, -0.2) is 0 Å². The zero-order chi connectivity index (χ0) is 7.98. The highest BCUT2D eigenvalue weighted by atomic mass is 13.9. The van der Waals surface area contributed by atoms with Crippen molar-refractivity contribution in [1.29, 1.82) is 0 Å². The fraction of sp³-hybridized carbons (Fsp3) is 0.600. The quantitative estimate of drug-likeness (QED) is 0.480. The van der Waals surface area contributed by atoms with Gasteiger partial charge < -0.3 is 0 Å². The molecule has 0 spiro atoms. The van der Waals surface area contributed by atoms with E-state index in [0.717, 1.165) is 5.92 Å². The molecule has 0 saturated heterocycles. The molecule has 0 amide bonds. The molecule has 0 saturated carbocycles. The zero-order valence-electron chi connectivity index (χ0n) is 7.52. The van der Waals surface area contributed by atoms with Crippen molar-refractivity contribution in [2.24, 2.45) is 5.92 Å². The summed E-state index contributed by atoms with van der Waals surface area (Å²) in [6.45, 7) is 8.64. The zero-order valence-corrected chi connectivity index (χ0v) is 7.52. The topological polar surface area (TPSA) is 0 Å². The first kappa shape index (κ1) is 9.48. The highest BCUT2D eigenvalue weighted by Crippen LogP contribution is 2.06. The Kier molecular flexibility index (Phi) is 5.00. The Morgan fingerprint density at radius 1 is 1.30 bits per heavy atom. The highest BCUT2D eigenvalue weighted by Gasteiger charge is 1.86. The van der Waals surface area contributed by atoms with Crippen molar-refractivity contribution in [3.8, 4) is 0 Å². The predicted molar refractivity (Wildman–Crippen MR) is 48.0 cm³/mol. The molecule has 10 heavy (non-hydrogen) atoms. The Morgan fingerprint density at radius 3 is 1.90 bits per heavy atom. The number of allylic oxidation sites excluding steroid dienone is 4. The van der Waals surface area contributed by atoms with Gasteiger partial charge in [-0.1, -0.05) is 44.6 Å². The van der Waals surface area contributed by atoms with Crippen LogP contribution in [0.5, 0.6) is 0 Å². The molecule has 1 rings (SSSR count). The average Bonchev–Trinajstić information content (AvgIpc) is 2.15. The first-order valence-corrected chi connectivity index (χ1v) is 3.95. The average molecular weight is 138 g/mol. The van der Waals surface area contributed by atoms with Crippen molar-refractivity contribution in [1.82, 2.24) is 0 Å². The Hall–Kier alpha value is -0.520. The van der Waals surface area contributed by atoms with E-state index in [-0.39, 0.29) is 0 Å². The van der Waals surface area contributed by atoms with E-state index in [2.05, 4.69) is 45.9 Å². The van der Waals surface area contributed by atoms with Crippen LogP contribution in [0.4, 0.5) is 0 Å². The lowest BCUT2D eigenvalue weighted by Crippen LogP contribution is -1.66. The van der Waals surface area contributed by atoms with Gasteiger partial charge in [-0.3, -0.25) is 0 Å². The molecule has 0 nitrogen and oxygen atoms in total. The highest BCUT2D eigenvalue weighted by molar-refractivity contribution is 5.20. The van der Waals surface area contributed by atoms with Crippen molar-refractivity contribution in [3.63, 3.8) is 0 Å². The maximum atomic E-state index is 2.17. The lowest BCUT2D eigenvalue weighted by Gasteiger charge is -1.79. The molecular formula is C10H18. The molecule has 0 unspecified atom stereocenters. The van der Waals surface area contributed by atoms with Gasteiger partial charge in [0.25, 0.3) is 0 Å². The van der Waals surface area contributed by atoms with Gasteiger partial charge in [-0.25, -0.2) is 0 Å². The number of rotatable bonds is 0. The monoisotopic (exact) mass is 138 g/mol. The summed E-state index contributed by atoms with van der Waals surface area (Å²) in [5.74, 6) is 0.833. The second kappa shape index (κ2) is 5.28. The molecular weight excluding hydrogens is 120 g/mol. The summed E-state index contributed by atoms with van der Waals surface area (Å²) < 4.78 is 0. The van der Waals surface area contributed by atoms with Crippen LogP contribution in [0.25, 0.3) is 0 Å². The molecule has 0 aliphatic heterocycles. The van der Waals surface area contributed by atoms with Crippen LogP contribution in [0.3, 0.4) is 0 Å². The minimum absolute atomic E-state index is 0.833. The van der Waals surface area contributed by atoms with Crippen LogP contribution >= 0.6 is 0 Å². The molecule has 0 heterocycles. The number of hydrogen-bond donors (Lipinski definition) is 0. The summed E-state index contributed by atoms with van der Waals surface area (Å²) >= 11 is 0. The van der Waals surface area contributed by atoms with Crippen molar-refractivity contribution < 1.29 is 0 Å². The van der Waals surface area contributed by atoms with Gasteiger partial charge in [-0.2, -0.15) is 0 Å². The minimum atomic E-state index is 0.833. The van der Waals surface area contributed by atoms with Crippen molar-refractivity contribution in [2.45, 2.75) is 34.1 Å². The molecule has 0 bridgehead atoms. The molecule has 58 valence electrons. The smallest absolute Gasteiger partial charge is 0.0135 e. The lowest BCUT2D eigenvalue weighted by molar-refractivity contribution is 0.737. The first-order valence-electron chi connectivity index (χ1n) is 3.95. The SMILES string of the molecule is CC(C)C.CC1=CC=CC1. The van der Waals surface area contributed by atoms with Gasteiger partial charge in [-0.15, -0.1) is 0 Å². The fourth-order valence-corrected chi connectivity index (χ4v) is 0.554. The molecule has 1 aliphatic rings. The first-order chi connectivity index (χ1) is 4.63. The normalized spacial score (nSPS) is 14.7. The van der Waals surface area contributed by atoms with Gasteiger partial charge in [0, 0.05) is 0 Å². The molecule has 0 fully saturated rings. The van der Waals surface area contributed by atoms with E-state index in [1.807, 2.05) is 0 Å². The van der Waals surface area contributed by atoms with Gasteiger partial charge in [0.2, 0.25) is 0 Å². The fourth-order valence-electron chi connectivity index (χ4n) is 0.554. The third-order valence-corrected chi connectivity index (χ3v) is 0.957. The molecule has 0 heteroatoms. The van der Waals surface area contributed by atoms with Gasteiger partial charge in [0.15, 0.2) is 0 Å². The standard InChI is InChI=1S/C6H8.C4H10/c1-6-4-2-3-5-6;1-4(2)3/h2-4H,5H2,1H3;4H,1-3H3. The van der Waals surface area contributed by atoms with E-state index in [4.69, 9.17) is 0 Å². The Morgan fingerprint density at radius 2 is 1.80 bits per heavy atom. The van der Waals surface area contributed by atoms with E-state index in [1.54, 1.807) is 0 Å². The van der Waals surface area contributed by atoms with E-state index in [1.165, 1.54) is 12.0 Å². The Labute approximate surface area is 64.6 Å². The third kappa shape index (κ3) is 7.48. The predicted octanol–water partition coefficient (Wildman–Crippen LogP) is 3.55. The maximum Gasteiger partial charge on any atom is -0.0135 e. The van der Waals surface area contributed by atoms with Crippen LogP contribution in [0.2, 0.25) is 0 Å². The van der Waals surface area contributed by atoms with Crippen LogP contribution in [0, 0.1) is 5.92 Å². The molecule has 0 atom stereocenters. The lowest BCUT2D eigenvalue weighted by atomic mass is 10.3. The van der Waals surface area contributed by atoms with Gasteiger partial charge in [0.1, 0.15) is 0 Å². The molecule has 0 aromatic heterocycles. The van der Waals surface area contributed by atoms with Crippen molar-refractivity contribution in [2.75, 3.05) is 0 Å². The molecule has 0 N–H and O–H groups in total. The maximum absolute atomic E-state index is 2.17. The Bertz CT molecular complexity index is 124. The van der Waals surface area contributed by atoms with E-state index >= 15 is 0 Å². The summed E-state index contributed by atoms with van der Waals surface area (Å²) in [6, 6.07) is 0. The summed E-state index contributed by atoms with van der Waals surface area (Å²) in [5.41, 5.74) is 1.47. The van der Waals surface area contributed by atoms with E-state index in [9.17, 15) is 0 Å². The van der Waals surface area contributed by atoms with Crippen LogP contribution in [0.1, 0.15) is 34.1 Å². The third-order valence-electron chi connectivity index (χ3n) is 0.957. The minimum Gasteiger partial charge on any atom is -0.0805 e. The number of hydrogen-bond acceptors (Lipinski definition) is 0. The van der Waals surface area contributed by atoms with Gasteiger partial charge >= 0.3 is 0 Å². The van der Waals surface area contributed by atoms with E-state index in [0.29, 0.717) is 0 Å². The van der Waals surface area contributed by atoms with Crippen LogP contribution < -0.4 is 0 Å². The van der Waals surface area contributed by atoms with Gasteiger partial charge in [-0.05, 0) is 19.3 Å². The summed E-state index contributed by atoms with van der Waals surface area (Å²) in [6.07, 6.45) is 7.56. The van der Waals surface area contributed by atoms with Crippen molar-refractivity contribution >= 4 is 0 Å². The summed E-state index contributed by atoms with van der Waals surface area (Å²) in [5, 5.41) is 0. The molecule has 0 aromatic carbocycles. The van der Waals surface area contributed by atoms with Crippen LogP contribution in [-0.2, 0) is 0 Å².